The first-order valence-corrected chi connectivity index (χ1v) is 10.9. The largest absolute Gasteiger partial charge is 0.506 e. The Hall–Kier alpha value is -4.06. The molecule has 0 saturated heterocycles. The van der Waals surface area contributed by atoms with Crippen LogP contribution in [0.25, 0.3) is 22.5 Å². The molecule has 4 aromatic rings. The van der Waals surface area contributed by atoms with E-state index in [1.165, 1.54) is 30.3 Å². The first-order valence-electron chi connectivity index (χ1n) is 10.5. The number of aromatic amines is 1. The summed E-state index contributed by atoms with van der Waals surface area (Å²) in [6.07, 6.45) is -2.82. The summed E-state index contributed by atoms with van der Waals surface area (Å²) in [4.78, 5) is 16.6. The fraction of sp³-hybridized carbons (Fsp3) is 0.174. The molecule has 0 radical (unpaired) electrons. The van der Waals surface area contributed by atoms with Crippen LogP contribution in [0, 0.1) is 5.82 Å². The quantitative estimate of drug-likeness (QED) is 0.249. The average Bonchev–Trinajstić information content (AvgIpc) is 3.45. The van der Waals surface area contributed by atoms with Crippen LogP contribution >= 0.6 is 11.6 Å². The molecule has 0 atom stereocenters. The molecule has 36 heavy (non-hydrogen) atoms. The molecule has 2 aromatic carbocycles. The number of hydrogen-bond donors (Lipinski definition) is 3. The molecule has 1 saturated carbocycles. The number of pyridine rings is 1. The van der Waals surface area contributed by atoms with Gasteiger partial charge >= 0.3 is 6.18 Å². The molecule has 1 fully saturated rings. The third-order valence-corrected chi connectivity index (χ3v) is 6.22. The van der Waals surface area contributed by atoms with E-state index in [-0.39, 0.29) is 44.5 Å². The molecule has 1 aliphatic rings. The summed E-state index contributed by atoms with van der Waals surface area (Å²) in [7, 11) is 0. The first-order chi connectivity index (χ1) is 17.1. The molecular weight excluding hydrogens is 504 g/mol. The second-order valence-electron chi connectivity index (χ2n) is 8.26. The molecule has 5 rings (SSSR count). The number of aromatic nitrogens is 5. The van der Waals surface area contributed by atoms with Crippen LogP contribution in [0.1, 0.15) is 24.1 Å². The fourth-order valence-corrected chi connectivity index (χ4v) is 4.14. The number of benzene rings is 2. The maximum Gasteiger partial charge on any atom is 0.433 e. The Labute approximate surface area is 205 Å². The summed E-state index contributed by atoms with van der Waals surface area (Å²) in [6.45, 7) is 0. The Kier molecular flexibility index (Phi) is 5.62. The van der Waals surface area contributed by atoms with Gasteiger partial charge in [-0.1, -0.05) is 23.7 Å². The SMILES string of the molecule is O=C(Nc1cc(-c2nnn[nH]2)c(-c2ccc(C(F)(F)F)nc2)cc1O)C1(c2ccc(Cl)cc2F)CC1. The van der Waals surface area contributed by atoms with Crippen LogP contribution in [0.3, 0.4) is 0 Å². The van der Waals surface area contributed by atoms with Crippen molar-refractivity contribution in [1.29, 1.82) is 0 Å². The van der Waals surface area contributed by atoms with Gasteiger partial charge in [-0.2, -0.15) is 13.2 Å². The monoisotopic (exact) mass is 518 g/mol. The van der Waals surface area contributed by atoms with Crippen LogP contribution in [0.2, 0.25) is 5.02 Å². The summed E-state index contributed by atoms with van der Waals surface area (Å²) in [5.41, 5.74) is -1.25. The molecule has 2 heterocycles. The predicted molar refractivity (Wildman–Crippen MR) is 120 cm³/mol. The van der Waals surface area contributed by atoms with Gasteiger partial charge in [-0.25, -0.2) is 9.49 Å². The van der Waals surface area contributed by atoms with Gasteiger partial charge in [-0.05, 0) is 59.2 Å². The van der Waals surface area contributed by atoms with Gasteiger partial charge in [0.05, 0.1) is 11.1 Å². The Morgan fingerprint density at radius 1 is 1.11 bits per heavy atom. The van der Waals surface area contributed by atoms with Crippen molar-refractivity contribution in [3.8, 4) is 28.3 Å². The number of hydrogen-bond acceptors (Lipinski definition) is 6. The average molecular weight is 519 g/mol. The van der Waals surface area contributed by atoms with Crippen LogP contribution in [-0.4, -0.2) is 36.6 Å². The number of halogens is 5. The zero-order valence-electron chi connectivity index (χ0n) is 18.1. The van der Waals surface area contributed by atoms with Crippen LogP contribution in [-0.2, 0) is 16.4 Å². The highest BCUT2D eigenvalue weighted by Gasteiger charge is 2.53. The lowest BCUT2D eigenvalue weighted by molar-refractivity contribution is -0.141. The summed E-state index contributed by atoms with van der Waals surface area (Å²) in [6, 6.07) is 8.70. The van der Waals surface area contributed by atoms with E-state index in [1.807, 2.05) is 0 Å². The molecule has 0 aliphatic heterocycles. The highest BCUT2D eigenvalue weighted by Crippen LogP contribution is 2.51. The van der Waals surface area contributed by atoms with E-state index < -0.39 is 29.0 Å². The first kappa shape index (κ1) is 23.7. The number of nitrogens with one attached hydrogen (secondary N) is 2. The molecule has 1 aliphatic carbocycles. The number of nitrogens with zero attached hydrogens (tertiary/aromatic N) is 4. The molecule has 13 heteroatoms. The zero-order chi connectivity index (χ0) is 25.7. The van der Waals surface area contributed by atoms with Crippen molar-refractivity contribution < 1.29 is 27.5 Å². The van der Waals surface area contributed by atoms with Crippen molar-refractivity contribution in [3.05, 3.63) is 70.8 Å². The van der Waals surface area contributed by atoms with E-state index >= 15 is 0 Å². The number of alkyl halides is 3. The fourth-order valence-electron chi connectivity index (χ4n) is 3.98. The van der Waals surface area contributed by atoms with E-state index in [1.54, 1.807) is 0 Å². The highest BCUT2D eigenvalue weighted by atomic mass is 35.5. The van der Waals surface area contributed by atoms with Gasteiger partial charge in [0.15, 0.2) is 5.82 Å². The smallest absolute Gasteiger partial charge is 0.433 e. The van der Waals surface area contributed by atoms with Crippen LogP contribution in [0.15, 0.2) is 48.7 Å². The van der Waals surface area contributed by atoms with Gasteiger partial charge in [-0.15, -0.1) is 5.10 Å². The number of tetrazole rings is 1. The number of carbonyl (C=O) groups is 1. The van der Waals surface area contributed by atoms with Gasteiger partial charge in [0.2, 0.25) is 5.91 Å². The van der Waals surface area contributed by atoms with E-state index in [9.17, 15) is 27.5 Å². The normalized spacial score (nSPS) is 14.5. The molecule has 1 amide bonds. The van der Waals surface area contributed by atoms with Crippen molar-refractivity contribution in [3.63, 3.8) is 0 Å². The van der Waals surface area contributed by atoms with Crippen LogP contribution in [0.5, 0.6) is 5.75 Å². The Bertz CT molecular complexity index is 1450. The number of rotatable bonds is 5. The second-order valence-corrected chi connectivity index (χ2v) is 8.69. The predicted octanol–water partition coefficient (Wildman–Crippen LogP) is 5.12. The van der Waals surface area contributed by atoms with Gasteiger partial charge in [0.25, 0.3) is 0 Å². The molecule has 0 bridgehead atoms. The van der Waals surface area contributed by atoms with Gasteiger partial charge in [0, 0.05) is 27.9 Å². The number of carbonyl (C=O) groups excluding carboxylic acids is 1. The van der Waals surface area contributed by atoms with E-state index in [0.717, 1.165) is 18.3 Å². The topological polar surface area (TPSA) is 117 Å². The molecule has 184 valence electrons. The number of anilines is 1. The number of H-pyrrole nitrogens is 1. The van der Waals surface area contributed by atoms with Crippen LogP contribution < -0.4 is 5.32 Å². The van der Waals surface area contributed by atoms with Gasteiger partial charge < -0.3 is 10.4 Å². The number of amides is 1. The molecular formula is C23H15ClF4N6O2. The van der Waals surface area contributed by atoms with E-state index in [2.05, 4.69) is 30.9 Å². The number of aromatic hydroxyl groups is 1. The van der Waals surface area contributed by atoms with Crippen molar-refractivity contribution in [2.45, 2.75) is 24.4 Å². The Morgan fingerprint density at radius 3 is 2.47 bits per heavy atom. The standard InChI is InChI=1S/C23H15ClF4N6O2/c24-12-2-3-15(16(25)7-12)22(5-6-22)21(36)30-17-8-14(20-31-33-34-32-20)13(9-18(17)35)11-1-4-19(29-10-11)23(26,27)28/h1-4,7-10,35H,5-6H2,(H,30,36)(H,31,32,33,34). The summed E-state index contributed by atoms with van der Waals surface area (Å²) in [5, 5.41) is 26.9. The lowest BCUT2D eigenvalue weighted by atomic mass is 9.93. The maximum atomic E-state index is 14.5. The minimum Gasteiger partial charge on any atom is -0.506 e. The zero-order valence-corrected chi connectivity index (χ0v) is 18.8. The minimum atomic E-state index is -4.62. The third-order valence-electron chi connectivity index (χ3n) is 5.98. The number of phenolic OH excluding ortho intramolecular Hbond substituents is 1. The van der Waals surface area contributed by atoms with Crippen molar-refractivity contribution >= 4 is 23.2 Å². The molecule has 8 nitrogen and oxygen atoms in total. The third kappa shape index (κ3) is 4.24. The van der Waals surface area contributed by atoms with Crippen molar-refractivity contribution in [2.24, 2.45) is 0 Å². The highest BCUT2D eigenvalue weighted by molar-refractivity contribution is 6.30. The lowest BCUT2D eigenvalue weighted by Gasteiger charge is -2.19. The summed E-state index contributed by atoms with van der Waals surface area (Å²) >= 11 is 5.83. The van der Waals surface area contributed by atoms with Crippen LogP contribution in [0.4, 0.5) is 23.2 Å². The van der Waals surface area contributed by atoms with Gasteiger partial charge in [-0.3, -0.25) is 9.78 Å². The molecule has 0 spiro atoms. The Balaban J connectivity index is 1.52. The second kappa shape index (κ2) is 8.55. The van der Waals surface area contributed by atoms with Gasteiger partial charge in [0.1, 0.15) is 17.3 Å². The molecule has 3 N–H and O–H groups in total. The van der Waals surface area contributed by atoms with Crippen molar-refractivity contribution in [2.75, 3.05) is 5.32 Å². The lowest BCUT2D eigenvalue weighted by Crippen LogP contribution is -2.28. The maximum absolute atomic E-state index is 14.5. The van der Waals surface area contributed by atoms with Crippen molar-refractivity contribution in [1.82, 2.24) is 25.6 Å². The minimum absolute atomic E-state index is 0.0179. The van der Waals surface area contributed by atoms with E-state index in [4.69, 9.17) is 11.6 Å². The summed E-state index contributed by atoms with van der Waals surface area (Å²) in [5.74, 6) is -1.39. The molecule has 0 unspecified atom stereocenters. The Morgan fingerprint density at radius 2 is 1.89 bits per heavy atom. The summed E-state index contributed by atoms with van der Waals surface area (Å²) < 4.78 is 53.3. The molecule has 2 aromatic heterocycles. The number of phenols is 1. The van der Waals surface area contributed by atoms with E-state index in [0.29, 0.717) is 12.8 Å².